The molecule has 0 saturated carbocycles. The minimum atomic E-state index is 0.600. The van der Waals surface area contributed by atoms with Gasteiger partial charge in [-0.05, 0) is 24.4 Å². The molecule has 7 heteroatoms. The van der Waals surface area contributed by atoms with Gasteiger partial charge in [-0.15, -0.1) is 5.10 Å². The molecule has 2 heterocycles. The summed E-state index contributed by atoms with van der Waals surface area (Å²) < 4.78 is 4.32. The van der Waals surface area contributed by atoms with Gasteiger partial charge >= 0.3 is 0 Å². The minimum absolute atomic E-state index is 0.600. The molecule has 0 atom stereocenters. The Morgan fingerprint density at radius 2 is 2.26 bits per heavy atom. The van der Waals surface area contributed by atoms with Crippen molar-refractivity contribution in [3.05, 3.63) is 40.9 Å². The van der Waals surface area contributed by atoms with Crippen molar-refractivity contribution in [2.24, 2.45) is 0 Å². The average molecular weight is 270 g/mol. The highest BCUT2D eigenvalue weighted by Crippen LogP contribution is 2.17. The average Bonchev–Trinajstić information content (AvgIpc) is 3.03. The molecule has 94 valence electrons. The van der Waals surface area contributed by atoms with Crippen LogP contribution in [0, 0.1) is 16.1 Å². The summed E-state index contributed by atoms with van der Waals surface area (Å²) in [7, 11) is 0. The molecule has 0 unspecified atom stereocenters. The molecule has 0 amide bonds. The molecule has 0 fully saturated rings. The van der Waals surface area contributed by atoms with Gasteiger partial charge in [0.25, 0.3) is 0 Å². The monoisotopic (exact) mass is 270 g/mol. The SMILES string of the molecule is N#Cc1cccc2c1[nH]c(=S)n2CCn1ccnn1. The van der Waals surface area contributed by atoms with E-state index in [0.717, 1.165) is 11.0 Å². The molecular weight excluding hydrogens is 260 g/mol. The molecule has 2 aromatic heterocycles. The van der Waals surface area contributed by atoms with E-state index in [9.17, 15) is 0 Å². The quantitative estimate of drug-likeness (QED) is 0.737. The zero-order valence-electron chi connectivity index (χ0n) is 9.95. The Morgan fingerprint density at radius 3 is 3.00 bits per heavy atom. The van der Waals surface area contributed by atoms with Crippen LogP contribution in [0.5, 0.6) is 0 Å². The first kappa shape index (κ1) is 11.6. The van der Waals surface area contributed by atoms with Crippen molar-refractivity contribution >= 4 is 23.3 Å². The van der Waals surface area contributed by atoms with Gasteiger partial charge in [0.2, 0.25) is 0 Å². The first-order valence-electron chi connectivity index (χ1n) is 5.75. The van der Waals surface area contributed by atoms with Gasteiger partial charge in [-0.3, -0.25) is 4.68 Å². The Labute approximate surface area is 113 Å². The van der Waals surface area contributed by atoms with Crippen LogP contribution in [0.15, 0.2) is 30.6 Å². The molecule has 19 heavy (non-hydrogen) atoms. The molecule has 1 aromatic carbocycles. The molecular formula is C12H10N6S. The van der Waals surface area contributed by atoms with Crippen molar-refractivity contribution in [3.8, 4) is 6.07 Å². The summed E-state index contributed by atoms with van der Waals surface area (Å²) in [6.45, 7) is 1.36. The van der Waals surface area contributed by atoms with Gasteiger partial charge in [0.05, 0.1) is 29.3 Å². The fourth-order valence-corrected chi connectivity index (χ4v) is 2.34. The molecule has 0 bridgehead atoms. The third kappa shape index (κ3) is 2.02. The number of nitrogens with zero attached hydrogens (tertiary/aromatic N) is 5. The van der Waals surface area contributed by atoms with E-state index in [-0.39, 0.29) is 0 Å². The van der Waals surface area contributed by atoms with Crippen molar-refractivity contribution in [2.45, 2.75) is 13.1 Å². The number of H-pyrrole nitrogens is 1. The highest BCUT2D eigenvalue weighted by molar-refractivity contribution is 7.71. The van der Waals surface area contributed by atoms with Gasteiger partial charge in [-0.25, -0.2) is 0 Å². The van der Waals surface area contributed by atoms with Crippen molar-refractivity contribution in [3.63, 3.8) is 0 Å². The summed E-state index contributed by atoms with van der Waals surface area (Å²) in [5.74, 6) is 0. The van der Waals surface area contributed by atoms with Gasteiger partial charge in [0.15, 0.2) is 4.77 Å². The summed E-state index contributed by atoms with van der Waals surface area (Å²) in [5.41, 5.74) is 2.32. The number of aromatic amines is 1. The Morgan fingerprint density at radius 1 is 1.37 bits per heavy atom. The summed E-state index contributed by atoms with van der Waals surface area (Å²) in [4.78, 5) is 3.09. The van der Waals surface area contributed by atoms with E-state index in [1.165, 1.54) is 0 Å². The Bertz CT molecular complexity index is 805. The lowest BCUT2D eigenvalue weighted by Crippen LogP contribution is -2.08. The standard InChI is InChI=1S/C12H10N6S/c13-8-9-2-1-3-10-11(9)15-12(19)18(10)7-6-17-5-4-14-16-17/h1-5H,6-7H2,(H,15,19). The van der Waals surface area contributed by atoms with E-state index in [4.69, 9.17) is 17.5 Å². The number of nitriles is 1. The van der Waals surface area contributed by atoms with Crippen molar-refractivity contribution in [1.29, 1.82) is 5.26 Å². The second-order valence-electron chi connectivity index (χ2n) is 4.06. The Kier molecular flexibility index (Phi) is 2.85. The van der Waals surface area contributed by atoms with Crippen LogP contribution in [0.2, 0.25) is 0 Å². The van der Waals surface area contributed by atoms with Gasteiger partial charge in [0.1, 0.15) is 6.07 Å². The van der Waals surface area contributed by atoms with Gasteiger partial charge in [-0.2, -0.15) is 5.26 Å². The van der Waals surface area contributed by atoms with Crippen LogP contribution in [-0.2, 0) is 13.1 Å². The summed E-state index contributed by atoms with van der Waals surface area (Å²) >= 11 is 5.31. The largest absolute Gasteiger partial charge is 0.329 e. The Hall–Kier alpha value is -2.46. The molecule has 3 aromatic rings. The van der Waals surface area contributed by atoms with E-state index >= 15 is 0 Å². The van der Waals surface area contributed by atoms with Crippen LogP contribution in [0.1, 0.15) is 5.56 Å². The zero-order chi connectivity index (χ0) is 13.2. The number of aromatic nitrogens is 5. The second kappa shape index (κ2) is 4.66. The molecule has 0 aliphatic heterocycles. The van der Waals surface area contributed by atoms with Crippen LogP contribution < -0.4 is 0 Å². The number of nitrogens with one attached hydrogen (secondary N) is 1. The van der Waals surface area contributed by atoms with Crippen LogP contribution in [-0.4, -0.2) is 24.5 Å². The van der Waals surface area contributed by atoms with Crippen LogP contribution in [0.3, 0.4) is 0 Å². The number of hydrogen-bond acceptors (Lipinski definition) is 4. The summed E-state index contributed by atoms with van der Waals surface area (Å²) in [5, 5.41) is 16.8. The van der Waals surface area contributed by atoms with Crippen LogP contribution in [0.4, 0.5) is 0 Å². The summed E-state index contributed by atoms with van der Waals surface area (Å²) in [6, 6.07) is 7.74. The van der Waals surface area contributed by atoms with Crippen molar-refractivity contribution < 1.29 is 0 Å². The lowest BCUT2D eigenvalue weighted by molar-refractivity contribution is 0.523. The third-order valence-corrected chi connectivity index (χ3v) is 3.28. The molecule has 0 aliphatic rings. The van der Waals surface area contributed by atoms with E-state index in [1.807, 2.05) is 16.7 Å². The predicted molar refractivity (Wildman–Crippen MR) is 71.9 cm³/mol. The number of benzene rings is 1. The fourth-order valence-electron chi connectivity index (χ4n) is 2.05. The number of fused-ring (bicyclic) bond motifs is 1. The van der Waals surface area contributed by atoms with E-state index in [1.54, 1.807) is 23.1 Å². The highest BCUT2D eigenvalue weighted by atomic mass is 32.1. The lowest BCUT2D eigenvalue weighted by atomic mass is 10.2. The van der Waals surface area contributed by atoms with Gasteiger partial charge in [-0.1, -0.05) is 11.3 Å². The predicted octanol–water partition coefficient (Wildman–Crippen LogP) is 1.86. The van der Waals surface area contributed by atoms with E-state index in [0.29, 0.717) is 23.4 Å². The summed E-state index contributed by atoms with van der Waals surface area (Å²) in [6.07, 6.45) is 3.45. The number of para-hydroxylation sites is 1. The molecule has 1 N–H and O–H groups in total. The molecule has 0 spiro atoms. The van der Waals surface area contributed by atoms with Crippen molar-refractivity contribution in [2.75, 3.05) is 0 Å². The van der Waals surface area contributed by atoms with Crippen molar-refractivity contribution in [1.82, 2.24) is 24.5 Å². The Balaban J connectivity index is 2.02. The maximum Gasteiger partial charge on any atom is 0.178 e. The van der Waals surface area contributed by atoms with E-state index < -0.39 is 0 Å². The van der Waals surface area contributed by atoms with Gasteiger partial charge < -0.3 is 9.55 Å². The van der Waals surface area contributed by atoms with E-state index in [2.05, 4.69) is 21.4 Å². The molecule has 0 saturated heterocycles. The number of aryl methyl sites for hydroxylation is 2. The number of rotatable bonds is 3. The molecule has 3 rings (SSSR count). The third-order valence-electron chi connectivity index (χ3n) is 2.96. The minimum Gasteiger partial charge on any atom is -0.329 e. The van der Waals surface area contributed by atoms with Crippen LogP contribution in [0.25, 0.3) is 11.0 Å². The maximum absolute atomic E-state index is 9.08. The molecule has 0 radical (unpaired) electrons. The first-order chi connectivity index (χ1) is 9.29. The lowest BCUT2D eigenvalue weighted by Gasteiger charge is -2.04. The normalized spacial score (nSPS) is 10.7. The first-order valence-corrected chi connectivity index (χ1v) is 6.16. The topological polar surface area (TPSA) is 75.2 Å². The zero-order valence-corrected chi connectivity index (χ0v) is 10.8. The molecule has 0 aliphatic carbocycles. The van der Waals surface area contributed by atoms with Gasteiger partial charge in [0, 0.05) is 12.7 Å². The van der Waals surface area contributed by atoms with Crippen LogP contribution >= 0.6 is 12.2 Å². The smallest absolute Gasteiger partial charge is 0.178 e. The molecule has 6 nitrogen and oxygen atoms in total. The fraction of sp³-hybridized carbons (Fsp3) is 0.167. The highest BCUT2D eigenvalue weighted by Gasteiger charge is 2.07. The second-order valence-corrected chi connectivity index (χ2v) is 4.45. The number of imidazole rings is 1. The maximum atomic E-state index is 9.08. The number of hydrogen-bond donors (Lipinski definition) is 1.